The Morgan fingerprint density at radius 2 is 1.96 bits per heavy atom. The number of nitrogens with one attached hydrogen (secondary N) is 2. The molecule has 0 bridgehead atoms. The zero-order chi connectivity index (χ0) is 15.2. The molecule has 2 unspecified atom stereocenters. The zero-order valence-electron chi connectivity index (χ0n) is 13.0. The Balaban J connectivity index is 1.43. The van der Waals surface area contributed by atoms with Gasteiger partial charge < -0.3 is 20.3 Å². The lowest BCUT2D eigenvalue weighted by Crippen LogP contribution is -2.22. The first kappa shape index (κ1) is 13.2. The molecule has 1 aromatic heterocycles. The van der Waals surface area contributed by atoms with Crippen molar-refractivity contribution in [3.8, 4) is 0 Å². The molecule has 0 amide bonds. The molecule has 1 aromatic carbocycles. The molecule has 0 spiro atoms. The molecule has 2 fully saturated rings. The van der Waals surface area contributed by atoms with Gasteiger partial charge in [0.25, 0.3) is 0 Å². The van der Waals surface area contributed by atoms with Gasteiger partial charge in [0.15, 0.2) is 0 Å². The lowest BCUT2D eigenvalue weighted by atomic mass is 10.0. The quantitative estimate of drug-likeness (QED) is 0.848. The van der Waals surface area contributed by atoms with Crippen molar-refractivity contribution in [3.63, 3.8) is 0 Å². The Morgan fingerprint density at radius 3 is 2.83 bits per heavy atom. The molecule has 2 saturated heterocycles. The van der Waals surface area contributed by atoms with E-state index in [-0.39, 0.29) is 0 Å². The summed E-state index contributed by atoms with van der Waals surface area (Å²) in [6.07, 6.45) is 1.83. The second kappa shape index (κ2) is 5.13. The highest BCUT2D eigenvalue weighted by atomic mass is 16.5. The molecule has 2 atom stereocenters. The number of nitrogens with zero attached hydrogens (tertiary/aromatic N) is 2. The molecule has 5 rings (SSSR count). The average molecular weight is 308 g/mol. The van der Waals surface area contributed by atoms with Gasteiger partial charge >= 0.3 is 0 Å². The van der Waals surface area contributed by atoms with E-state index in [1.54, 1.807) is 0 Å². The van der Waals surface area contributed by atoms with Crippen molar-refractivity contribution < 1.29 is 4.74 Å². The van der Waals surface area contributed by atoms with E-state index in [9.17, 15) is 0 Å². The van der Waals surface area contributed by atoms with Gasteiger partial charge in [-0.2, -0.15) is 0 Å². The Bertz CT molecular complexity index is 736. The third kappa shape index (κ3) is 2.23. The third-order valence-electron chi connectivity index (χ3n) is 5.22. The van der Waals surface area contributed by atoms with Gasteiger partial charge in [-0.3, -0.25) is 0 Å². The van der Waals surface area contributed by atoms with Crippen molar-refractivity contribution in [3.05, 3.63) is 42.1 Å². The first-order valence-electron chi connectivity index (χ1n) is 8.28. The summed E-state index contributed by atoms with van der Waals surface area (Å²) in [7, 11) is 0. The third-order valence-corrected chi connectivity index (χ3v) is 5.22. The number of aromatic nitrogens is 1. The van der Waals surface area contributed by atoms with E-state index in [1.807, 2.05) is 12.3 Å². The fraction of sp³-hybridized carbons (Fsp3) is 0.389. The van der Waals surface area contributed by atoms with E-state index in [1.165, 1.54) is 11.3 Å². The minimum Gasteiger partial charge on any atom is -0.381 e. The summed E-state index contributed by atoms with van der Waals surface area (Å²) in [6.45, 7) is 4.86. The molecule has 3 aliphatic heterocycles. The van der Waals surface area contributed by atoms with Crippen molar-refractivity contribution in [2.24, 2.45) is 11.8 Å². The molecule has 5 heteroatoms. The fourth-order valence-electron chi connectivity index (χ4n) is 3.89. The Hall–Kier alpha value is -2.27. The van der Waals surface area contributed by atoms with Crippen LogP contribution in [0.4, 0.5) is 22.9 Å². The van der Waals surface area contributed by atoms with Crippen LogP contribution in [-0.2, 0) is 11.3 Å². The summed E-state index contributed by atoms with van der Waals surface area (Å²) in [4.78, 5) is 6.94. The van der Waals surface area contributed by atoms with Crippen molar-refractivity contribution in [1.29, 1.82) is 0 Å². The fourth-order valence-corrected chi connectivity index (χ4v) is 3.89. The highest BCUT2D eigenvalue weighted by Gasteiger charge is 2.37. The standard InChI is InChI=1S/C18H20N4O/c1-2-12-7-20-17-6-15(3-4-16(17)21-18(12)19-5-1)22-8-13-10-23-11-14(13)9-22/h1-6,13-14,20H,7-11H2,(H,19,21). The molecule has 23 heavy (non-hydrogen) atoms. The van der Waals surface area contributed by atoms with Gasteiger partial charge in [0.05, 0.1) is 24.6 Å². The summed E-state index contributed by atoms with van der Waals surface area (Å²) in [6, 6.07) is 10.7. The maximum atomic E-state index is 5.58. The number of hydrogen-bond acceptors (Lipinski definition) is 5. The van der Waals surface area contributed by atoms with Gasteiger partial charge in [-0.05, 0) is 24.3 Å². The smallest absolute Gasteiger partial charge is 0.135 e. The molecule has 3 aliphatic rings. The Labute approximate surface area is 135 Å². The van der Waals surface area contributed by atoms with Gasteiger partial charge in [-0.1, -0.05) is 6.07 Å². The second-order valence-electron chi connectivity index (χ2n) is 6.68. The van der Waals surface area contributed by atoms with E-state index < -0.39 is 0 Å². The van der Waals surface area contributed by atoms with Crippen LogP contribution in [0.3, 0.4) is 0 Å². The Morgan fingerprint density at radius 1 is 1.09 bits per heavy atom. The number of anilines is 4. The second-order valence-corrected chi connectivity index (χ2v) is 6.68. The topological polar surface area (TPSA) is 49.4 Å². The predicted octanol–water partition coefficient (Wildman–Crippen LogP) is 2.83. The average Bonchev–Trinajstić information content (AvgIpc) is 3.11. The molecule has 2 aromatic rings. The minimum absolute atomic E-state index is 0.702. The van der Waals surface area contributed by atoms with Crippen LogP contribution in [0.1, 0.15) is 5.56 Å². The first-order valence-corrected chi connectivity index (χ1v) is 8.28. The van der Waals surface area contributed by atoms with E-state index in [4.69, 9.17) is 4.74 Å². The molecule has 0 radical (unpaired) electrons. The summed E-state index contributed by atoms with van der Waals surface area (Å²) < 4.78 is 5.58. The van der Waals surface area contributed by atoms with Crippen LogP contribution >= 0.6 is 0 Å². The van der Waals surface area contributed by atoms with Gasteiger partial charge in [0.2, 0.25) is 0 Å². The summed E-state index contributed by atoms with van der Waals surface area (Å²) in [5, 5.41) is 6.99. The first-order chi connectivity index (χ1) is 11.4. The van der Waals surface area contributed by atoms with E-state index in [2.05, 4.69) is 44.8 Å². The maximum Gasteiger partial charge on any atom is 0.135 e. The summed E-state index contributed by atoms with van der Waals surface area (Å²) in [5.41, 5.74) is 4.73. The SMILES string of the molecule is c1cnc2c(c1)CNc1cc(N3CC4COCC4C3)ccc1N2. The normalized spacial score (nSPS) is 25.0. The highest BCUT2D eigenvalue weighted by Crippen LogP contribution is 2.37. The summed E-state index contributed by atoms with van der Waals surface area (Å²) in [5.74, 6) is 2.35. The largest absolute Gasteiger partial charge is 0.381 e. The number of fused-ring (bicyclic) bond motifs is 3. The van der Waals surface area contributed by atoms with Gasteiger partial charge in [0.1, 0.15) is 5.82 Å². The minimum atomic E-state index is 0.702. The van der Waals surface area contributed by atoms with E-state index in [0.717, 1.165) is 50.0 Å². The number of hydrogen-bond donors (Lipinski definition) is 2. The van der Waals surface area contributed by atoms with Crippen LogP contribution in [0.5, 0.6) is 0 Å². The van der Waals surface area contributed by atoms with Gasteiger partial charge in [0, 0.05) is 48.9 Å². The van der Waals surface area contributed by atoms with Crippen molar-refractivity contribution in [2.45, 2.75) is 6.54 Å². The molecule has 2 N–H and O–H groups in total. The maximum absolute atomic E-state index is 5.58. The number of pyridine rings is 1. The lowest BCUT2D eigenvalue weighted by molar-refractivity contribution is 0.177. The molecule has 0 aliphatic carbocycles. The van der Waals surface area contributed by atoms with Crippen LogP contribution < -0.4 is 15.5 Å². The zero-order valence-corrected chi connectivity index (χ0v) is 13.0. The van der Waals surface area contributed by atoms with Crippen LogP contribution in [-0.4, -0.2) is 31.3 Å². The highest BCUT2D eigenvalue weighted by molar-refractivity contribution is 5.80. The molecule has 4 heterocycles. The van der Waals surface area contributed by atoms with Crippen LogP contribution in [0.2, 0.25) is 0 Å². The number of benzene rings is 1. The number of ether oxygens (including phenoxy) is 1. The molecule has 118 valence electrons. The van der Waals surface area contributed by atoms with Crippen LogP contribution in [0, 0.1) is 11.8 Å². The van der Waals surface area contributed by atoms with Crippen molar-refractivity contribution in [2.75, 3.05) is 41.8 Å². The number of rotatable bonds is 1. The van der Waals surface area contributed by atoms with Gasteiger partial charge in [-0.25, -0.2) is 4.98 Å². The monoisotopic (exact) mass is 308 g/mol. The Kier molecular flexibility index (Phi) is 2.94. The van der Waals surface area contributed by atoms with Crippen molar-refractivity contribution in [1.82, 2.24) is 4.98 Å². The molecular formula is C18H20N4O. The van der Waals surface area contributed by atoms with Gasteiger partial charge in [-0.15, -0.1) is 0 Å². The molecule has 5 nitrogen and oxygen atoms in total. The molecule has 0 saturated carbocycles. The predicted molar refractivity (Wildman–Crippen MR) is 91.3 cm³/mol. The summed E-state index contributed by atoms with van der Waals surface area (Å²) >= 11 is 0. The van der Waals surface area contributed by atoms with Crippen LogP contribution in [0.15, 0.2) is 36.5 Å². The van der Waals surface area contributed by atoms with E-state index >= 15 is 0 Å². The van der Waals surface area contributed by atoms with E-state index in [0.29, 0.717) is 11.8 Å². The van der Waals surface area contributed by atoms with Crippen molar-refractivity contribution >= 4 is 22.9 Å². The van der Waals surface area contributed by atoms with Crippen LogP contribution in [0.25, 0.3) is 0 Å². The molecular weight excluding hydrogens is 288 g/mol. The lowest BCUT2D eigenvalue weighted by Gasteiger charge is -2.21.